The Kier molecular flexibility index (Phi) is 3.52. The lowest BCUT2D eigenvalue weighted by Gasteiger charge is -2.05. The number of benzene rings is 1. The highest BCUT2D eigenvalue weighted by Crippen LogP contribution is 2.09. The van der Waals surface area contributed by atoms with E-state index in [-0.39, 0.29) is 17.2 Å². The van der Waals surface area contributed by atoms with E-state index < -0.39 is 5.95 Å². The van der Waals surface area contributed by atoms with Gasteiger partial charge in [-0.2, -0.15) is 4.39 Å². The number of phenolic OH excluding ortho intramolecular Hbond substituents is 1. The highest BCUT2D eigenvalue weighted by atomic mass is 19.1. The number of rotatable bonds is 3. The molecular weight excluding hydrogens is 235 g/mol. The highest BCUT2D eigenvalue weighted by molar-refractivity contribution is 5.93. The minimum Gasteiger partial charge on any atom is -0.508 e. The summed E-state index contributed by atoms with van der Waals surface area (Å²) in [5.74, 6) is -0.891. The molecule has 1 heterocycles. The Hall–Kier alpha value is -2.43. The molecule has 4 nitrogen and oxygen atoms in total. The summed E-state index contributed by atoms with van der Waals surface area (Å²) in [7, 11) is 0. The number of amides is 1. The molecule has 0 aliphatic heterocycles. The summed E-state index contributed by atoms with van der Waals surface area (Å²) in [6, 6.07) is 8.98. The van der Waals surface area contributed by atoms with Gasteiger partial charge in [0.1, 0.15) is 5.75 Å². The number of halogens is 1. The van der Waals surface area contributed by atoms with Crippen molar-refractivity contribution in [1.82, 2.24) is 10.3 Å². The lowest BCUT2D eigenvalue weighted by molar-refractivity contribution is 0.0950. The van der Waals surface area contributed by atoms with Crippen molar-refractivity contribution in [2.24, 2.45) is 0 Å². The first-order chi connectivity index (χ1) is 8.65. The minimum atomic E-state index is -0.688. The maximum atomic E-state index is 12.8. The molecule has 0 bridgehead atoms. The lowest BCUT2D eigenvalue weighted by Crippen LogP contribution is -2.22. The number of phenols is 1. The van der Waals surface area contributed by atoms with Gasteiger partial charge in [-0.15, -0.1) is 0 Å². The molecule has 2 N–H and O–H groups in total. The second kappa shape index (κ2) is 5.27. The molecule has 0 aliphatic rings. The van der Waals surface area contributed by atoms with E-state index in [9.17, 15) is 9.18 Å². The van der Waals surface area contributed by atoms with Gasteiger partial charge in [0.15, 0.2) is 0 Å². The first-order valence-corrected chi connectivity index (χ1v) is 5.33. The zero-order valence-corrected chi connectivity index (χ0v) is 9.43. The van der Waals surface area contributed by atoms with Crippen LogP contribution in [0.15, 0.2) is 42.6 Å². The first-order valence-electron chi connectivity index (χ1n) is 5.33. The van der Waals surface area contributed by atoms with E-state index in [4.69, 9.17) is 5.11 Å². The number of nitrogens with zero attached hydrogens (tertiary/aromatic N) is 1. The average Bonchev–Trinajstić information content (AvgIpc) is 2.38. The van der Waals surface area contributed by atoms with Crippen molar-refractivity contribution in [3.63, 3.8) is 0 Å². The van der Waals surface area contributed by atoms with Gasteiger partial charge in [0.05, 0.1) is 0 Å². The number of pyridine rings is 1. The summed E-state index contributed by atoms with van der Waals surface area (Å²) in [5, 5.41) is 11.8. The fourth-order valence-corrected chi connectivity index (χ4v) is 1.44. The predicted octanol–water partition coefficient (Wildman–Crippen LogP) is 1.86. The van der Waals surface area contributed by atoms with Crippen LogP contribution in [0.3, 0.4) is 0 Å². The number of carbonyl (C=O) groups excluding carboxylic acids is 1. The van der Waals surface area contributed by atoms with Gasteiger partial charge in [0.2, 0.25) is 5.95 Å². The van der Waals surface area contributed by atoms with Gasteiger partial charge in [0, 0.05) is 24.4 Å². The van der Waals surface area contributed by atoms with Crippen LogP contribution in [-0.4, -0.2) is 16.0 Å². The van der Waals surface area contributed by atoms with Crippen LogP contribution < -0.4 is 5.32 Å². The maximum absolute atomic E-state index is 12.8. The van der Waals surface area contributed by atoms with Crippen LogP contribution in [0, 0.1) is 5.95 Å². The monoisotopic (exact) mass is 246 g/mol. The standard InChI is InChI=1S/C13H11FN2O2/c14-12-7-10(5-6-15-12)13(18)16-8-9-1-3-11(17)4-2-9/h1-7,17H,8H2,(H,16,18). The molecule has 2 rings (SSSR count). The molecule has 0 fully saturated rings. The van der Waals surface area contributed by atoms with E-state index >= 15 is 0 Å². The fraction of sp³-hybridized carbons (Fsp3) is 0.0769. The molecule has 0 aliphatic carbocycles. The van der Waals surface area contributed by atoms with Gasteiger partial charge >= 0.3 is 0 Å². The second-order valence-corrected chi connectivity index (χ2v) is 3.72. The van der Waals surface area contributed by atoms with Gasteiger partial charge in [-0.05, 0) is 23.8 Å². The number of hydrogen-bond donors (Lipinski definition) is 2. The molecule has 1 aromatic heterocycles. The Labute approximate surface area is 103 Å². The van der Waals surface area contributed by atoms with Crippen LogP contribution in [-0.2, 0) is 6.54 Å². The number of carbonyl (C=O) groups is 1. The Morgan fingerprint density at radius 1 is 1.28 bits per heavy atom. The molecule has 0 saturated heterocycles. The second-order valence-electron chi connectivity index (χ2n) is 3.72. The SMILES string of the molecule is O=C(NCc1ccc(O)cc1)c1ccnc(F)c1. The van der Waals surface area contributed by atoms with E-state index in [1.165, 1.54) is 24.4 Å². The van der Waals surface area contributed by atoms with Crippen molar-refractivity contribution in [2.45, 2.75) is 6.54 Å². The molecule has 0 atom stereocenters. The predicted molar refractivity (Wildman–Crippen MR) is 63.5 cm³/mol. The van der Waals surface area contributed by atoms with Crippen molar-refractivity contribution >= 4 is 5.91 Å². The molecule has 2 aromatic rings. The van der Waals surface area contributed by atoms with Crippen molar-refractivity contribution in [2.75, 3.05) is 0 Å². The van der Waals surface area contributed by atoms with E-state index in [2.05, 4.69) is 10.3 Å². The Bertz CT molecular complexity index is 555. The molecule has 18 heavy (non-hydrogen) atoms. The Balaban J connectivity index is 1.98. The molecule has 92 valence electrons. The fourth-order valence-electron chi connectivity index (χ4n) is 1.44. The molecule has 0 saturated carbocycles. The molecule has 0 radical (unpaired) electrons. The maximum Gasteiger partial charge on any atom is 0.251 e. The van der Waals surface area contributed by atoms with Gasteiger partial charge < -0.3 is 10.4 Å². The first kappa shape index (κ1) is 12.0. The number of aromatic hydroxyl groups is 1. The molecule has 5 heteroatoms. The lowest BCUT2D eigenvalue weighted by atomic mass is 10.2. The molecule has 0 unspecified atom stereocenters. The van der Waals surface area contributed by atoms with Crippen molar-refractivity contribution in [1.29, 1.82) is 0 Å². The summed E-state index contributed by atoms with van der Waals surface area (Å²) in [5.41, 5.74) is 1.07. The van der Waals surface area contributed by atoms with E-state index in [0.29, 0.717) is 6.54 Å². The van der Waals surface area contributed by atoms with Crippen LogP contribution in [0.1, 0.15) is 15.9 Å². The van der Waals surface area contributed by atoms with Gasteiger partial charge in [-0.3, -0.25) is 4.79 Å². The van der Waals surface area contributed by atoms with Crippen molar-refractivity contribution in [3.8, 4) is 5.75 Å². The Morgan fingerprint density at radius 3 is 2.67 bits per heavy atom. The van der Waals surface area contributed by atoms with E-state index in [0.717, 1.165) is 11.6 Å². The smallest absolute Gasteiger partial charge is 0.251 e. The molecule has 1 amide bonds. The summed E-state index contributed by atoms with van der Waals surface area (Å²) in [4.78, 5) is 15.1. The van der Waals surface area contributed by atoms with Crippen molar-refractivity contribution in [3.05, 3.63) is 59.7 Å². The summed E-state index contributed by atoms with van der Waals surface area (Å²) in [6.45, 7) is 0.309. The zero-order chi connectivity index (χ0) is 13.0. The van der Waals surface area contributed by atoms with E-state index in [1.54, 1.807) is 12.1 Å². The Morgan fingerprint density at radius 2 is 2.00 bits per heavy atom. The summed E-state index contributed by atoms with van der Waals surface area (Å²) in [6.07, 6.45) is 1.24. The van der Waals surface area contributed by atoms with Crippen LogP contribution in [0.5, 0.6) is 5.75 Å². The van der Waals surface area contributed by atoms with Gasteiger partial charge in [-0.1, -0.05) is 12.1 Å². The summed E-state index contributed by atoms with van der Waals surface area (Å²) < 4.78 is 12.8. The quantitative estimate of drug-likeness (QED) is 0.812. The topological polar surface area (TPSA) is 62.2 Å². The number of nitrogens with one attached hydrogen (secondary N) is 1. The largest absolute Gasteiger partial charge is 0.508 e. The molecular formula is C13H11FN2O2. The zero-order valence-electron chi connectivity index (χ0n) is 9.43. The third kappa shape index (κ3) is 3.04. The minimum absolute atomic E-state index is 0.168. The normalized spacial score (nSPS) is 10.1. The summed E-state index contributed by atoms with van der Waals surface area (Å²) >= 11 is 0. The number of aromatic nitrogens is 1. The van der Waals surface area contributed by atoms with Crippen LogP contribution >= 0.6 is 0 Å². The van der Waals surface area contributed by atoms with Crippen molar-refractivity contribution < 1.29 is 14.3 Å². The number of hydrogen-bond acceptors (Lipinski definition) is 3. The van der Waals surface area contributed by atoms with Crippen LogP contribution in [0.4, 0.5) is 4.39 Å². The van der Waals surface area contributed by atoms with Gasteiger partial charge in [-0.25, -0.2) is 4.98 Å². The third-order valence-corrected chi connectivity index (χ3v) is 2.38. The van der Waals surface area contributed by atoms with Gasteiger partial charge in [0.25, 0.3) is 5.91 Å². The van der Waals surface area contributed by atoms with E-state index in [1.807, 2.05) is 0 Å². The molecule has 1 aromatic carbocycles. The average molecular weight is 246 g/mol. The molecule has 0 spiro atoms. The van der Waals surface area contributed by atoms with Crippen LogP contribution in [0.2, 0.25) is 0 Å². The van der Waals surface area contributed by atoms with Crippen LogP contribution in [0.25, 0.3) is 0 Å². The highest BCUT2D eigenvalue weighted by Gasteiger charge is 2.06. The third-order valence-electron chi connectivity index (χ3n) is 2.38.